The lowest BCUT2D eigenvalue weighted by molar-refractivity contribution is 1.14. The smallest absolute Gasteiger partial charge is 0.129 e. The highest BCUT2D eigenvalue weighted by Crippen LogP contribution is 2.20. The molecule has 0 fully saturated rings. The highest BCUT2D eigenvalue weighted by molar-refractivity contribution is 9.10. The lowest BCUT2D eigenvalue weighted by Crippen LogP contribution is -1.98. The molecule has 0 amide bonds. The van der Waals surface area contributed by atoms with Gasteiger partial charge in [-0.1, -0.05) is 0 Å². The molecule has 5 heteroatoms. The van der Waals surface area contributed by atoms with E-state index in [1.165, 1.54) is 4.88 Å². The van der Waals surface area contributed by atoms with Gasteiger partial charge in [0.05, 0.1) is 17.2 Å². The van der Waals surface area contributed by atoms with Gasteiger partial charge in [0.2, 0.25) is 0 Å². The SMILES string of the molecule is Cc1ncc(CNc2cccnc2Br)s1. The van der Waals surface area contributed by atoms with Gasteiger partial charge in [0.15, 0.2) is 0 Å². The van der Waals surface area contributed by atoms with Crippen LogP contribution in [0.1, 0.15) is 9.88 Å². The highest BCUT2D eigenvalue weighted by Gasteiger charge is 2.01. The predicted octanol–water partition coefficient (Wildman–Crippen LogP) is 3.22. The molecule has 0 spiro atoms. The number of pyridine rings is 1. The second-order valence-corrected chi connectivity index (χ2v) is 5.11. The van der Waals surface area contributed by atoms with Crippen molar-refractivity contribution >= 4 is 33.0 Å². The van der Waals surface area contributed by atoms with E-state index < -0.39 is 0 Å². The molecule has 2 heterocycles. The molecule has 1 N–H and O–H groups in total. The van der Waals surface area contributed by atoms with Crippen molar-refractivity contribution < 1.29 is 0 Å². The minimum Gasteiger partial charge on any atom is -0.378 e. The molecule has 0 aromatic carbocycles. The van der Waals surface area contributed by atoms with Crippen LogP contribution >= 0.6 is 27.3 Å². The quantitative estimate of drug-likeness (QED) is 0.879. The van der Waals surface area contributed by atoms with E-state index in [0.29, 0.717) is 0 Å². The third-order valence-electron chi connectivity index (χ3n) is 1.88. The molecule has 0 aliphatic carbocycles. The van der Waals surface area contributed by atoms with E-state index in [1.54, 1.807) is 17.5 Å². The Hall–Kier alpha value is -0.940. The molecule has 0 aliphatic heterocycles. The average molecular weight is 284 g/mol. The molecule has 0 aliphatic rings. The molecule has 0 bridgehead atoms. The van der Waals surface area contributed by atoms with E-state index in [1.807, 2.05) is 25.3 Å². The number of nitrogens with one attached hydrogen (secondary N) is 1. The van der Waals surface area contributed by atoms with Crippen LogP contribution in [0.3, 0.4) is 0 Å². The van der Waals surface area contributed by atoms with E-state index in [4.69, 9.17) is 0 Å². The summed E-state index contributed by atoms with van der Waals surface area (Å²) in [4.78, 5) is 9.57. The van der Waals surface area contributed by atoms with Gasteiger partial charge in [-0.15, -0.1) is 11.3 Å². The van der Waals surface area contributed by atoms with Crippen LogP contribution in [-0.4, -0.2) is 9.97 Å². The van der Waals surface area contributed by atoms with Crippen molar-refractivity contribution in [1.29, 1.82) is 0 Å². The number of halogens is 1. The fraction of sp³-hybridized carbons (Fsp3) is 0.200. The van der Waals surface area contributed by atoms with Crippen molar-refractivity contribution in [2.75, 3.05) is 5.32 Å². The third kappa shape index (κ3) is 2.76. The molecule has 0 saturated heterocycles. The van der Waals surface area contributed by atoms with Gasteiger partial charge in [0, 0.05) is 17.3 Å². The topological polar surface area (TPSA) is 37.8 Å². The summed E-state index contributed by atoms with van der Waals surface area (Å²) < 4.78 is 0.839. The summed E-state index contributed by atoms with van der Waals surface area (Å²) in [6, 6.07) is 3.90. The van der Waals surface area contributed by atoms with Gasteiger partial charge in [0.1, 0.15) is 4.60 Å². The van der Waals surface area contributed by atoms with Crippen LogP contribution in [0.2, 0.25) is 0 Å². The molecular formula is C10H10BrN3S. The van der Waals surface area contributed by atoms with E-state index in [-0.39, 0.29) is 0 Å². The average Bonchev–Trinajstić information content (AvgIpc) is 2.63. The fourth-order valence-corrected chi connectivity index (χ4v) is 2.31. The number of thiazole rings is 1. The molecule has 3 nitrogen and oxygen atoms in total. The van der Waals surface area contributed by atoms with E-state index in [0.717, 1.165) is 21.8 Å². The summed E-state index contributed by atoms with van der Waals surface area (Å²) >= 11 is 5.09. The van der Waals surface area contributed by atoms with Crippen molar-refractivity contribution in [2.24, 2.45) is 0 Å². The molecule has 2 rings (SSSR count). The third-order valence-corrected chi connectivity index (χ3v) is 3.43. The summed E-state index contributed by atoms with van der Waals surface area (Å²) in [7, 11) is 0. The number of hydrogen-bond acceptors (Lipinski definition) is 4. The Morgan fingerprint density at radius 1 is 1.47 bits per heavy atom. The first-order valence-corrected chi connectivity index (χ1v) is 6.12. The number of anilines is 1. The van der Waals surface area contributed by atoms with Gasteiger partial charge in [-0.05, 0) is 35.0 Å². The summed E-state index contributed by atoms with van der Waals surface area (Å²) in [6.45, 7) is 2.80. The number of nitrogens with zero attached hydrogens (tertiary/aromatic N) is 2. The standard InChI is InChI=1S/C10H10BrN3S/c1-7-13-5-8(15-7)6-14-9-3-2-4-12-10(9)11/h2-5,14H,6H2,1H3. The Bertz CT molecular complexity index is 455. The van der Waals surface area contributed by atoms with Crippen molar-refractivity contribution in [2.45, 2.75) is 13.5 Å². The Morgan fingerprint density at radius 3 is 3.00 bits per heavy atom. The second kappa shape index (κ2) is 4.72. The van der Waals surface area contributed by atoms with Crippen LogP contribution in [-0.2, 0) is 6.54 Å². The maximum atomic E-state index is 4.20. The predicted molar refractivity (Wildman–Crippen MR) is 66.1 cm³/mol. The zero-order valence-electron chi connectivity index (χ0n) is 8.20. The minimum absolute atomic E-state index is 0.788. The number of hydrogen-bond donors (Lipinski definition) is 1. The molecule has 15 heavy (non-hydrogen) atoms. The molecule has 2 aromatic heterocycles. The Kier molecular flexibility index (Phi) is 3.33. The van der Waals surface area contributed by atoms with Gasteiger partial charge < -0.3 is 5.32 Å². The van der Waals surface area contributed by atoms with Gasteiger partial charge in [-0.25, -0.2) is 9.97 Å². The maximum absolute atomic E-state index is 4.20. The fourth-order valence-electron chi connectivity index (χ4n) is 1.19. The van der Waals surface area contributed by atoms with Crippen LogP contribution in [0.5, 0.6) is 0 Å². The van der Waals surface area contributed by atoms with Crippen LogP contribution in [0.4, 0.5) is 5.69 Å². The maximum Gasteiger partial charge on any atom is 0.129 e. The van der Waals surface area contributed by atoms with Gasteiger partial charge >= 0.3 is 0 Å². The summed E-state index contributed by atoms with van der Waals surface area (Å²) in [5.41, 5.74) is 1.00. The minimum atomic E-state index is 0.788. The molecule has 0 atom stereocenters. The van der Waals surface area contributed by atoms with Crippen LogP contribution in [0.25, 0.3) is 0 Å². The van der Waals surface area contributed by atoms with Crippen molar-refractivity contribution in [3.63, 3.8) is 0 Å². The van der Waals surface area contributed by atoms with Gasteiger partial charge in [0.25, 0.3) is 0 Å². The Labute approximate surface area is 101 Å². The van der Waals surface area contributed by atoms with Gasteiger partial charge in [-0.3, -0.25) is 0 Å². The van der Waals surface area contributed by atoms with Crippen LogP contribution in [0, 0.1) is 6.92 Å². The Morgan fingerprint density at radius 2 is 2.33 bits per heavy atom. The molecule has 0 saturated carbocycles. The van der Waals surface area contributed by atoms with E-state index in [2.05, 4.69) is 31.2 Å². The van der Waals surface area contributed by atoms with Crippen molar-refractivity contribution in [1.82, 2.24) is 9.97 Å². The first-order valence-electron chi connectivity index (χ1n) is 4.51. The number of aromatic nitrogens is 2. The molecule has 2 aromatic rings. The second-order valence-electron chi connectivity index (χ2n) is 3.04. The number of rotatable bonds is 3. The van der Waals surface area contributed by atoms with E-state index >= 15 is 0 Å². The largest absolute Gasteiger partial charge is 0.378 e. The van der Waals surface area contributed by atoms with Crippen LogP contribution < -0.4 is 5.32 Å². The highest BCUT2D eigenvalue weighted by atomic mass is 79.9. The van der Waals surface area contributed by atoms with Crippen LogP contribution in [0.15, 0.2) is 29.1 Å². The summed E-state index contributed by atoms with van der Waals surface area (Å²) in [5, 5.41) is 4.40. The molecular weight excluding hydrogens is 274 g/mol. The monoisotopic (exact) mass is 283 g/mol. The molecule has 0 radical (unpaired) electrons. The van der Waals surface area contributed by atoms with E-state index in [9.17, 15) is 0 Å². The first kappa shape index (κ1) is 10.6. The van der Waals surface area contributed by atoms with Crippen molar-refractivity contribution in [3.8, 4) is 0 Å². The zero-order chi connectivity index (χ0) is 10.7. The Balaban J connectivity index is 2.02. The normalized spacial score (nSPS) is 10.3. The summed E-state index contributed by atoms with van der Waals surface area (Å²) in [5.74, 6) is 0. The molecule has 78 valence electrons. The number of aryl methyl sites for hydroxylation is 1. The summed E-state index contributed by atoms with van der Waals surface area (Å²) in [6.07, 6.45) is 3.66. The molecule has 0 unspecified atom stereocenters. The van der Waals surface area contributed by atoms with Crippen molar-refractivity contribution in [3.05, 3.63) is 39.0 Å². The van der Waals surface area contributed by atoms with Gasteiger partial charge in [-0.2, -0.15) is 0 Å². The lowest BCUT2D eigenvalue weighted by Gasteiger charge is -2.05. The first-order chi connectivity index (χ1) is 7.25. The zero-order valence-corrected chi connectivity index (χ0v) is 10.6. The lowest BCUT2D eigenvalue weighted by atomic mass is 10.4.